The normalized spacial score (nSPS) is 18.2. The van der Waals surface area contributed by atoms with E-state index in [9.17, 15) is 4.79 Å². The van der Waals surface area contributed by atoms with Crippen LogP contribution in [0.3, 0.4) is 0 Å². The molecule has 0 bridgehead atoms. The van der Waals surface area contributed by atoms with E-state index in [-0.39, 0.29) is 47.9 Å². The van der Waals surface area contributed by atoms with E-state index in [1.54, 1.807) is 14.2 Å². The summed E-state index contributed by atoms with van der Waals surface area (Å²) < 4.78 is 5.57. The summed E-state index contributed by atoms with van der Waals surface area (Å²) in [4.78, 5) is 18.3. The second-order valence-electron chi connectivity index (χ2n) is 6.80. The lowest BCUT2D eigenvalue weighted by Crippen LogP contribution is -2.46. The molecule has 0 aromatic heterocycles. The predicted molar refractivity (Wildman–Crippen MR) is 121 cm³/mol. The van der Waals surface area contributed by atoms with Crippen molar-refractivity contribution < 1.29 is 9.53 Å². The minimum absolute atomic E-state index is 0. The molecule has 8 heteroatoms. The number of aliphatic imine (C=N–C) groups is 1. The van der Waals surface area contributed by atoms with Crippen LogP contribution in [0, 0.1) is 5.92 Å². The number of hydrogen-bond donors (Lipinski definition) is 2. The van der Waals surface area contributed by atoms with Crippen LogP contribution in [0.25, 0.3) is 0 Å². The average molecular weight is 509 g/mol. The third kappa shape index (κ3) is 7.12. The zero-order chi connectivity index (χ0) is 19.1. The van der Waals surface area contributed by atoms with Crippen molar-refractivity contribution >= 4 is 47.4 Å². The van der Waals surface area contributed by atoms with Gasteiger partial charge in [0.2, 0.25) is 5.91 Å². The fourth-order valence-electron chi connectivity index (χ4n) is 3.06. The topological polar surface area (TPSA) is 66.0 Å². The van der Waals surface area contributed by atoms with Gasteiger partial charge >= 0.3 is 0 Å². The molecule has 0 spiro atoms. The Kier molecular flexibility index (Phi) is 10.4. The standard InChI is InChI=1S/C19H29ClN4O2.HI/c1-13(2)18(25)24-9-8-16(12-24)23-19(21-3)22-11-17(26-4)14-6-5-7-15(20)10-14;/h5-7,10,13,16-17H,8-9,11-12H2,1-4H3,(H2,21,22,23);1H. The molecule has 0 saturated carbocycles. The molecule has 27 heavy (non-hydrogen) atoms. The minimum Gasteiger partial charge on any atom is -0.375 e. The molecule has 2 unspecified atom stereocenters. The number of nitrogens with one attached hydrogen (secondary N) is 2. The number of methoxy groups -OCH3 is 1. The molecule has 2 N–H and O–H groups in total. The first kappa shape index (κ1) is 24.0. The number of halogens is 2. The summed E-state index contributed by atoms with van der Waals surface area (Å²) in [5.41, 5.74) is 1.01. The molecule has 1 aliphatic heterocycles. The Morgan fingerprint density at radius 3 is 2.78 bits per heavy atom. The van der Waals surface area contributed by atoms with Gasteiger partial charge < -0.3 is 20.3 Å². The van der Waals surface area contributed by atoms with Gasteiger partial charge in [-0.1, -0.05) is 37.6 Å². The average Bonchev–Trinajstić information content (AvgIpc) is 3.09. The highest BCUT2D eigenvalue weighted by molar-refractivity contribution is 14.0. The van der Waals surface area contributed by atoms with Gasteiger partial charge in [0.05, 0.1) is 6.10 Å². The molecule has 152 valence electrons. The molecule has 1 aromatic rings. The lowest BCUT2D eigenvalue weighted by molar-refractivity contribution is -0.133. The van der Waals surface area contributed by atoms with Crippen LogP contribution in [-0.4, -0.2) is 56.6 Å². The second kappa shape index (κ2) is 11.7. The van der Waals surface area contributed by atoms with Crippen molar-refractivity contribution in [1.29, 1.82) is 0 Å². The van der Waals surface area contributed by atoms with Crippen LogP contribution in [0.2, 0.25) is 5.02 Å². The number of hydrogen-bond acceptors (Lipinski definition) is 3. The molecule has 1 saturated heterocycles. The number of guanidine groups is 1. The fraction of sp³-hybridized carbons (Fsp3) is 0.579. The Morgan fingerprint density at radius 2 is 2.19 bits per heavy atom. The summed E-state index contributed by atoms with van der Waals surface area (Å²) in [6.07, 6.45) is 0.788. The number of nitrogens with zero attached hydrogens (tertiary/aromatic N) is 2. The Morgan fingerprint density at radius 1 is 1.44 bits per heavy atom. The van der Waals surface area contributed by atoms with Gasteiger partial charge in [-0.3, -0.25) is 9.79 Å². The minimum atomic E-state index is -0.130. The van der Waals surface area contributed by atoms with Crippen LogP contribution in [0.15, 0.2) is 29.3 Å². The molecule has 1 amide bonds. The van der Waals surface area contributed by atoms with Crippen LogP contribution < -0.4 is 10.6 Å². The molecule has 2 atom stereocenters. The Hall–Kier alpha value is -1.06. The summed E-state index contributed by atoms with van der Waals surface area (Å²) in [6.45, 7) is 5.93. The third-order valence-corrected chi connectivity index (χ3v) is 4.75. The zero-order valence-electron chi connectivity index (χ0n) is 16.4. The van der Waals surface area contributed by atoms with E-state index in [1.807, 2.05) is 43.0 Å². The number of amides is 1. The Bertz CT molecular complexity index is 642. The van der Waals surface area contributed by atoms with Gasteiger partial charge in [-0.2, -0.15) is 0 Å². The van der Waals surface area contributed by atoms with E-state index in [0.717, 1.165) is 18.5 Å². The molecule has 0 radical (unpaired) electrons. The molecule has 6 nitrogen and oxygen atoms in total. The first-order chi connectivity index (χ1) is 12.4. The first-order valence-electron chi connectivity index (χ1n) is 8.98. The van der Waals surface area contributed by atoms with Gasteiger partial charge in [0.15, 0.2) is 5.96 Å². The maximum atomic E-state index is 12.1. The van der Waals surface area contributed by atoms with Crippen LogP contribution in [0.4, 0.5) is 0 Å². The molecule has 1 fully saturated rings. The summed E-state index contributed by atoms with van der Waals surface area (Å²) in [5, 5.41) is 7.38. The predicted octanol–water partition coefficient (Wildman–Crippen LogP) is 3.07. The van der Waals surface area contributed by atoms with Crippen molar-refractivity contribution in [2.75, 3.05) is 33.8 Å². The number of carbonyl (C=O) groups is 1. The lowest BCUT2D eigenvalue weighted by atomic mass is 10.1. The van der Waals surface area contributed by atoms with Crippen molar-refractivity contribution in [3.05, 3.63) is 34.9 Å². The second-order valence-corrected chi connectivity index (χ2v) is 7.24. The van der Waals surface area contributed by atoms with Crippen molar-refractivity contribution in [2.24, 2.45) is 10.9 Å². The smallest absolute Gasteiger partial charge is 0.225 e. The first-order valence-corrected chi connectivity index (χ1v) is 9.36. The number of carbonyl (C=O) groups excluding carboxylic acids is 1. The van der Waals surface area contributed by atoms with Gasteiger partial charge in [-0.05, 0) is 24.1 Å². The SMILES string of the molecule is CN=C(NCC(OC)c1cccc(Cl)c1)NC1CCN(C(=O)C(C)C)C1.I. The maximum absolute atomic E-state index is 12.1. The maximum Gasteiger partial charge on any atom is 0.225 e. The molecular weight excluding hydrogens is 479 g/mol. The van der Waals surface area contributed by atoms with Crippen molar-refractivity contribution in [3.8, 4) is 0 Å². The van der Waals surface area contributed by atoms with Crippen LogP contribution in [0.5, 0.6) is 0 Å². The van der Waals surface area contributed by atoms with Gasteiger partial charge in [-0.25, -0.2) is 0 Å². The highest BCUT2D eigenvalue weighted by Crippen LogP contribution is 2.19. The van der Waals surface area contributed by atoms with Crippen molar-refractivity contribution in [3.63, 3.8) is 0 Å². The van der Waals surface area contributed by atoms with Crippen molar-refractivity contribution in [2.45, 2.75) is 32.4 Å². The molecule has 1 heterocycles. The van der Waals surface area contributed by atoms with Crippen molar-refractivity contribution in [1.82, 2.24) is 15.5 Å². The molecule has 1 aromatic carbocycles. The van der Waals surface area contributed by atoms with Gasteiger partial charge in [0, 0.05) is 50.8 Å². The number of benzene rings is 1. The monoisotopic (exact) mass is 508 g/mol. The van der Waals surface area contributed by atoms with E-state index in [4.69, 9.17) is 16.3 Å². The van der Waals surface area contributed by atoms with E-state index in [0.29, 0.717) is 24.1 Å². The van der Waals surface area contributed by atoms with Gasteiger partial charge in [-0.15, -0.1) is 24.0 Å². The van der Waals surface area contributed by atoms with E-state index in [2.05, 4.69) is 15.6 Å². The summed E-state index contributed by atoms with van der Waals surface area (Å²) in [5.74, 6) is 0.946. The summed E-state index contributed by atoms with van der Waals surface area (Å²) in [6, 6.07) is 7.85. The largest absolute Gasteiger partial charge is 0.375 e. The molecule has 1 aliphatic rings. The van der Waals surface area contributed by atoms with Crippen LogP contribution in [0.1, 0.15) is 31.9 Å². The lowest BCUT2D eigenvalue weighted by Gasteiger charge is -2.22. The number of likely N-dealkylation sites (tertiary alicyclic amines) is 1. The van der Waals surface area contributed by atoms with Gasteiger partial charge in [0.1, 0.15) is 0 Å². The summed E-state index contributed by atoms with van der Waals surface area (Å²) >= 11 is 6.07. The van der Waals surface area contributed by atoms with Crippen LogP contribution in [-0.2, 0) is 9.53 Å². The van der Waals surface area contributed by atoms with E-state index < -0.39 is 0 Å². The fourth-order valence-corrected chi connectivity index (χ4v) is 3.26. The highest BCUT2D eigenvalue weighted by Gasteiger charge is 2.28. The third-order valence-electron chi connectivity index (χ3n) is 4.52. The number of ether oxygens (including phenoxy) is 1. The van der Waals surface area contributed by atoms with E-state index in [1.165, 1.54) is 0 Å². The number of rotatable bonds is 6. The van der Waals surface area contributed by atoms with Crippen LogP contribution >= 0.6 is 35.6 Å². The molecule has 0 aliphatic carbocycles. The quantitative estimate of drug-likeness (QED) is 0.352. The van der Waals surface area contributed by atoms with Gasteiger partial charge in [0.25, 0.3) is 0 Å². The Labute approximate surface area is 184 Å². The zero-order valence-corrected chi connectivity index (χ0v) is 19.5. The highest BCUT2D eigenvalue weighted by atomic mass is 127. The molecular formula is C19H30ClIN4O2. The Balaban J connectivity index is 0.00000364. The summed E-state index contributed by atoms with van der Waals surface area (Å²) in [7, 11) is 3.42. The van der Waals surface area contributed by atoms with E-state index >= 15 is 0 Å². The molecule has 2 rings (SSSR count).